The Bertz CT molecular complexity index is 744. The van der Waals surface area contributed by atoms with Crippen LogP contribution >= 0.6 is 0 Å². The Morgan fingerprint density at radius 3 is 2.67 bits per heavy atom. The fourth-order valence-corrected chi connectivity index (χ4v) is 2.91. The van der Waals surface area contributed by atoms with E-state index in [-0.39, 0.29) is 6.04 Å². The van der Waals surface area contributed by atoms with E-state index in [1.54, 1.807) is 0 Å². The first-order valence-electron chi connectivity index (χ1n) is 7.44. The summed E-state index contributed by atoms with van der Waals surface area (Å²) < 4.78 is 0. The Morgan fingerprint density at radius 2 is 1.81 bits per heavy atom. The van der Waals surface area contributed by atoms with Gasteiger partial charge in [-0.2, -0.15) is 0 Å². The Labute approximate surface area is 125 Å². The number of rotatable bonds is 4. The average molecular weight is 276 g/mol. The van der Waals surface area contributed by atoms with Gasteiger partial charge in [-0.1, -0.05) is 49.4 Å². The topological polar surface area (TPSA) is 38.9 Å². The maximum atomic E-state index is 6.47. The van der Waals surface area contributed by atoms with Crippen molar-refractivity contribution in [3.8, 4) is 0 Å². The third kappa shape index (κ3) is 2.81. The third-order valence-electron chi connectivity index (χ3n) is 4.04. The molecule has 3 aromatic rings. The molecular weight excluding hydrogens is 256 g/mol. The lowest BCUT2D eigenvalue weighted by molar-refractivity contribution is 0.713. The number of hydrogen-bond donors (Lipinski definition) is 1. The molecule has 1 heterocycles. The number of aromatic nitrogens is 1. The van der Waals surface area contributed by atoms with Crippen molar-refractivity contribution in [3.05, 3.63) is 77.6 Å². The Hall–Kier alpha value is -2.19. The lowest BCUT2D eigenvalue weighted by Gasteiger charge is -2.16. The molecule has 0 aliphatic carbocycles. The highest BCUT2D eigenvalue weighted by Crippen LogP contribution is 2.25. The number of nitrogens with zero attached hydrogens (tertiary/aromatic N) is 1. The van der Waals surface area contributed by atoms with E-state index in [1.807, 2.05) is 12.4 Å². The van der Waals surface area contributed by atoms with Crippen molar-refractivity contribution < 1.29 is 0 Å². The van der Waals surface area contributed by atoms with Gasteiger partial charge in [0, 0.05) is 18.4 Å². The van der Waals surface area contributed by atoms with Gasteiger partial charge < -0.3 is 5.73 Å². The highest BCUT2D eigenvalue weighted by molar-refractivity contribution is 5.85. The van der Waals surface area contributed by atoms with E-state index in [2.05, 4.69) is 60.4 Å². The minimum atomic E-state index is 0.00811. The monoisotopic (exact) mass is 276 g/mol. The lowest BCUT2D eigenvalue weighted by atomic mass is 9.93. The first-order valence-corrected chi connectivity index (χ1v) is 7.44. The van der Waals surface area contributed by atoms with Gasteiger partial charge in [0.2, 0.25) is 0 Å². The summed E-state index contributed by atoms with van der Waals surface area (Å²) in [5.41, 5.74) is 10.2. The second kappa shape index (κ2) is 6.06. The van der Waals surface area contributed by atoms with E-state index in [0.717, 1.165) is 12.8 Å². The van der Waals surface area contributed by atoms with Crippen LogP contribution < -0.4 is 5.73 Å². The van der Waals surface area contributed by atoms with Crippen LogP contribution in [0.5, 0.6) is 0 Å². The predicted octanol–water partition coefficient (Wildman–Crippen LogP) is 4.04. The summed E-state index contributed by atoms with van der Waals surface area (Å²) in [7, 11) is 0. The van der Waals surface area contributed by atoms with Crippen molar-refractivity contribution in [3.63, 3.8) is 0 Å². The number of pyridine rings is 1. The molecule has 0 fully saturated rings. The maximum Gasteiger partial charge on any atom is 0.0339 e. The molecule has 0 amide bonds. The van der Waals surface area contributed by atoms with E-state index in [9.17, 15) is 0 Å². The molecule has 1 atom stereocenters. The molecule has 2 aromatic carbocycles. The molecule has 2 nitrogen and oxygen atoms in total. The standard InChI is InChI=1S/C19H20N2/c1-2-14-13-21-11-10-18(14)19(20)12-16-8-5-7-15-6-3-4-9-17(15)16/h3-11,13,19H,2,12,20H2,1H3. The van der Waals surface area contributed by atoms with Crippen molar-refractivity contribution in [2.45, 2.75) is 25.8 Å². The van der Waals surface area contributed by atoms with Gasteiger partial charge in [0.25, 0.3) is 0 Å². The van der Waals surface area contributed by atoms with Crippen LogP contribution in [0, 0.1) is 0 Å². The third-order valence-corrected chi connectivity index (χ3v) is 4.04. The van der Waals surface area contributed by atoms with Crippen LogP contribution in [0.1, 0.15) is 29.7 Å². The average Bonchev–Trinajstić information content (AvgIpc) is 2.55. The smallest absolute Gasteiger partial charge is 0.0339 e. The zero-order valence-electron chi connectivity index (χ0n) is 12.3. The molecule has 3 rings (SSSR count). The van der Waals surface area contributed by atoms with E-state index in [0.29, 0.717) is 0 Å². The fraction of sp³-hybridized carbons (Fsp3) is 0.211. The van der Waals surface area contributed by atoms with Crippen LogP contribution in [0.4, 0.5) is 0 Å². The summed E-state index contributed by atoms with van der Waals surface area (Å²) >= 11 is 0. The predicted molar refractivity (Wildman–Crippen MR) is 88.2 cm³/mol. The van der Waals surface area contributed by atoms with E-state index >= 15 is 0 Å². The van der Waals surface area contributed by atoms with Crippen LogP contribution in [0.3, 0.4) is 0 Å². The summed E-state index contributed by atoms with van der Waals surface area (Å²) in [6, 6.07) is 17.0. The molecule has 1 unspecified atom stereocenters. The summed E-state index contributed by atoms with van der Waals surface area (Å²) in [6.45, 7) is 2.14. The highest BCUT2D eigenvalue weighted by Gasteiger charge is 2.12. The number of nitrogens with two attached hydrogens (primary N) is 1. The van der Waals surface area contributed by atoms with Crippen molar-refractivity contribution in [1.29, 1.82) is 0 Å². The van der Waals surface area contributed by atoms with Gasteiger partial charge in [-0.15, -0.1) is 0 Å². The molecule has 0 saturated carbocycles. The second-order valence-electron chi connectivity index (χ2n) is 5.38. The van der Waals surface area contributed by atoms with Crippen molar-refractivity contribution >= 4 is 10.8 Å². The molecule has 0 radical (unpaired) electrons. The molecule has 0 spiro atoms. The maximum absolute atomic E-state index is 6.47. The fourth-order valence-electron chi connectivity index (χ4n) is 2.91. The molecule has 0 aliphatic heterocycles. The minimum absolute atomic E-state index is 0.00811. The second-order valence-corrected chi connectivity index (χ2v) is 5.38. The largest absolute Gasteiger partial charge is 0.324 e. The summed E-state index contributed by atoms with van der Waals surface area (Å²) in [5.74, 6) is 0. The van der Waals surface area contributed by atoms with Gasteiger partial charge in [-0.3, -0.25) is 4.98 Å². The van der Waals surface area contributed by atoms with Gasteiger partial charge in [0.15, 0.2) is 0 Å². The van der Waals surface area contributed by atoms with E-state index in [1.165, 1.54) is 27.5 Å². The number of benzene rings is 2. The van der Waals surface area contributed by atoms with Crippen molar-refractivity contribution in [2.24, 2.45) is 5.73 Å². The van der Waals surface area contributed by atoms with Crippen LogP contribution in [0.2, 0.25) is 0 Å². The van der Waals surface area contributed by atoms with Gasteiger partial charge in [-0.25, -0.2) is 0 Å². The lowest BCUT2D eigenvalue weighted by Crippen LogP contribution is -2.15. The normalized spacial score (nSPS) is 12.5. The van der Waals surface area contributed by atoms with Crippen LogP contribution in [-0.2, 0) is 12.8 Å². The molecule has 1 aromatic heterocycles. The summed E-state index contributed by atoms with van der Waals surface area (Å²) in [6.07, 6.45) is 5.57. The summed E-state index contributed by atoms with van der Waals surface area (Å²) in [4.78, 5) is 4.20. The van der Waals surface area contributed by atoms with Crippen LogP contribution in [0.25, 0.3) is 10.8 Å². The Morgan fingerprint density at radius 1 is 1.00 bits per heavy atom. The number of hydrogen-bond acceptors (Lipinski definition) is 2. The highest BCUT2D eigenvalue weighted by atomic mass is 14.7. The Balaban J connectivity index is 1.95. The van der Waals surface area contributed by atoms with Gasteiger partial charge >= 0.3 is 0 Å². The number of aryl methyl sites for hydroxylation is 1. The van der Waals surface area contributed by atoms with Crippen LogP contribution in [-0.4, -0.2) is 4.98 Å². The SMILES string of the molecule is CCc1cnccc1C(N)Cc1cccc2ccccc12. The molecule has 0 bridgehead atoms. The molecule has 0 saturated heterocycles. The first-order chi connectivity index (χ1) is 10.3. The van der Waals surface area contributed by atoms with Crippen molar-refractivity contribution in [2.75, 3.05) is 0 Å². The molecule has 2 heteroatoms. The van der Waals surface area contributed by atoms with Crippen molar-refractivity contribution in [1.82, 2.24) is 4.98 Å². The van der Waals surface area contributed by atoms with Gasteiger partial charge in [0.1, 0.15) is 0 Å². The Kier molecular flexibility index (Phi) is 3.98. The molecule has 21 heavy (non-hydrogen) atoms. The molecule has 2 N–H and O–H groups in total. The molecule has 0 aliphatic rings. The minimum Gasteiger partial charge on any atom is -0.324 e. The molecular formula is C19H20N2. The zero-order chi connectivity index (χ0) is 14.7. The quantitative estimate of drug-likeness (QED) is 0.781. The zero-order valence-corrected chi connectivity index (χ0v) is 12.3. The van der Waals surface area contributed by atoms with E-state index < -0.39 is 0 Å². The first kappa shape index (κ1) is 13.8. The van der Waals surface area contributed by atoms with Crippen LogP contribution in [0.15, 0.2) is 60.9 Å². The van der Waals surface area contributed by atoms with E-state index in [4.69, 9.17) is 5.73 Å². The number of fused-ring (bicyclic) bond motifs is 1. The summed E-state index contributed by atoms with van der Waals surface area (Å²) in [5, 5.41) is 2.56. The van der Waals surface area contributed by atoms with Gasteiger partial charge in [0.05, 0.1) is 0 Å². The van der Waals surface area contributed by atoms with Gasteiger partial charge in [-0.05, 0) is 46.4 Å². The molecule has 106 valence electrons.